The Morgan fingerprint density at radius 3 is 2.64 bits per heavy atom. The Morgan fingerprint density at radius 1 is 1.32 bits per heavy atom. The Balaban J connectivity index is 1.94. The molecular weight excluding hydrogens is 284 g/mol. The SMILES string of the molecule is CC(C)(C)OC(=O)N1CCCC(=O)[C@@H]1COC1CCNCC1. The van der Waals surface area contributed by atoms with Crippen LogP contribution in [0.15, 0.2) is 0 Å². The van der Waals surface area contributed by atoms with E-state index in [-0.39, 0.29) is 18.5 Å². The van der Waals surface area contributed by atoms with Crippen LogP contribution in [0.1, 0.15) is 46.5 Å². The number of ketones is 1. The third kappa shape index (κ3) is 4.95. The molecule has 2 aliphatic rings. The number of carbonyl (C=O) groups is 2. The molecule has 2 heterocycles. The number of hydrogen-bond donors (Lipinski definition) is 1. The van der Waals surface area contributed by atoms with E-state index in [1.165, 1.54) is 4.90 Å². The number of rotatable bonds is 3. The zero-order valence-corrected chi connectivity index (χ0v) is 13.9. The molecule has 0 saturated carbocycles. The molecule has 2 rings (SSSR count). The summed E-state index contributed by atoms with van der Waals surface area (Å²) < 4.78 is 11.3. The van der Waals surface area contributed by atoms with Crippen molar-refractivity contribution in [2.24, 2.45) is 0 Å². The van der Waals surface area contributed by atoms with Gasteiger partial charge in [-0.2, -0.15) is 0 Å². The number of ether oxygens (including phenoxy) is 2. The average molecular weight is 312 g/mol. The van der Waals surface area contributed by atoms with Crippen LogP contribution in [-0.4, -0.2) is 60.8 Å². The Morgan fingerprint density at radius 2 is 2.00 bits per heavy atom. The number of carbonyl (C=O) groups excluding carboxylic acids is 2. The Kier molecular flexibility index (Phi) is 5.81. The maximum absolute atomic E-state index is 12.3. The van der Waals surface area contributed by atoms with E-state index in [4.69, 9.17) is 9.47 Å². The largest absolute Gasteiger partial charge is 0.444 e. The van der Waals surface area contributed by atoms with Gasteiger partial charge in [-0.05, 0) is 53.1 Å². The molecule has 0 radical (unpaired) electrons. The van der Waals surface area contributed by atoms with E-state index in [0.29, 0.717) is 19.4 Å². The topological polar surface area (TPSA) is 67.9 Å². The summed E-state index contributed by atoms with van der Waals surface area (Å²) in [5.41, 5.74) is -0.558. The summed E-state index contributed by atoms with van der Waals surface area (Å²) in [6.45, 7) is 8.22. The van der Waals surface area contributed by atoms with Gasteiger partial charge in [0.2, 0.25) is 0 Å². The maximum atomic E-state index is 12.3. The summed E-state index contributed by atoms with van der Waals surface area (Å²) in [7, 11) is 0. The quantitative estimate of drug-likeness (QED) is 0.859. The first kappa shape index (κ1) is 17.2. The highest BCUT2D eigenvalue weighted by Gasteiger charge is 2.36. The van der Waals surface area contributed by atoms with Gasteiger partial charge in [0.15, 0.2) is 5.78 Å². The van der Waals surface area contributed by atoms with Crippen molar-refractivity contribution in [2.75, 3.05) is 26.2 Å². The van der Waals surface area contributed by atoms with Gasteiger partial charge < -0.3 is 14.8 Å². The molecule has 126 valence electrons. The van der Waals surface area contributed by atoms with Crippen molar-refractivity contribution in [1.82, 2.24) is 10.2 Å². The number of hydrogen-bond acceptors (Lipinski definition) is 5. The van der Waals surface area contributed by atoms with Gasteiger partial charge in [-0.15, -0.1) is 0 Å². The average Bonchev–Trinajstić information content (AvgIpc) is 2.45. The van der Waals surface area contributed by atoms with Crippen LogP contribution in [-0.2, 0) is 14.3 Å². The van der Waals surface area contributed by atoms with E-state index in [9.17, 15) is 9.59 Å². The second-order valence-electron chi connectivity index (χ2n) is 7.04. The molecule has 1 amide bonds. The van der Waals surface area contributed by atoms with Crippen molar-refractivity contribution in [3.8, 4) is 0 Å². The predicted octanol–water partition coefficient (Wildman–Crippen LogP) is 1.72. The van der Waals surface area contributed by atoms with Crippen LogP contribution in [0.2, 0.25) is 0 Å². The second kappa shape index (κ2) is 7.42. The number of nitrogens with zero attached hydrogens (tertiary/aromatic N) is 1. The van der Waals surface area contributed by atoms with Crippen molar-refractivity contribution >= 4 is 11.9 Å². The van der Waals surface area contributed by atoms with E-state index in [1.54, 1.807) is 0 Å². The lowest BCUT2D eigenvalue weighted by Gasteiger charge is -2.36. The molecule has 2 saturated heterocycles. The van der Waals surface area contributed by atoms with Gasteiger partial charge in [0.25, 0.3) is 0 Å². The standard InChI is InChI=1S/C16H28N2O4/c1-16(2,3)22-15(20)18-10-4-5-14(19)13(18)11-21-12-6-8-17-9-7-12/h12-13,17H,4-11H2,1-3H3/t13-/m0/s1. The molecule has 0 aromatic heterocycles. The van der Waals surface area contributed by atoms with Crippen LogP contribution >= 0.6 is 0 Å². The lowest BCUT2D eigenvalue weighted by atomic mass is 10.0. The Bertz CT molecular complexity index is 399. The minimum absolute atomic E-state index is 0.0750. The fourth-order valence-electron chi connectivity index (χ4n) is 2.83. The van der Waals surface area contributed by atoms with Crippen LogP contribution in [0.25, 0.3) is 0 Å². The number of Topliss-reactive ketones (excluding diaryl/α,β-unsaturated/α-hetero) is 1. The molecule has 0 aromatic carbocycles. The molecule has 6 heteroatoms. The van der Waals surface area contributed by atoms with Crippen LogP contribution in [0, 0.1) is 0 Å². The highest BCUT2D eigenvalue weighted by molar-refractivity contribution is 5.88. The number of amides is 1. The molecule has 2 aliphatic heterocycles. The van der Waals surface area contributed by atoms with Gasteiger partial charge >= 0.3 is 6.09 Å². The fourth-order valence-corrected chi connectivity index (χ4v) is 2.83. The molecule has 0 spiro atoms. The first-order valence-corrected chi connectivity index (χ1v) is 8.21. The molecule has 6 nitrogen and oxygen atoms in total. The Hall–Kier alpha value is -1.14. The highest BCUT2D eigenvalue weighted by Crippen LogP contribution is 2.20. The van der Waals surface area contributed by atoms with E-state index in [0.717, 1.165) is 25.9 Å². The van der Waals surface area contributed by atoms with Crippen LogP contribution in [0.3, 0.4) is 0 Å². The minimum Gasteiger partial charge on any atom is -0.444 e. The van der Waals surface area contributed by atoms with Gasteiger partial charge in [0.1, 0.15) is 11.6 Å². The summed E-state index contributed by atoms with van der Waals surface area (Å²) >= 11 is 0. The van der Waals surface area contributed by atoms with Crippen molar-refractivity contribution in [1.29, 1.82) is 0 Å². The molecule has 0 aromatic rings. The van der Waals surface area contributed by atoms with E-state index >= 15 is 0 Å². The number of nitrogens with one attached hydrogen (secondary N) is 1. The minimum atomic E-state index is -0.558. The van der Waals surface area contributed by atoms with Gasteiger partial charge in [-0.1, -0.05) is 0 Å². The third-order valence-electron chi connectivity index (χ3n) is 3.97. The molecule has 0 bridgehead atoms. The molecule has 0 unspecified atom stereocenters. The predicted molar refractivity (Wildman–Crippen MR) is 82.8 cm³/mol. The normalized spacial score (nSPS) is 24.4. The summed E-state index contributed by atoms with van der Waals surface area (Å²) in [6.07, 6.45) is 2.87. The zero-order valence-electron chi connectivity index (χ0n) is 13.9. The lowest BCUT2D eigenvalue weighted by Crippen LogP contribution is -2.53. The van der Waals surface area contributed by atoms with Gasteiger partial charge in [0, 0.05) is 13.0 Å². The van der Waals surface area contributed by atoms with Gasteiger partial charge in [-0.3, -0.25) is 9.69 Å². The van der Waals surface area contributed by atoms with Gasteiger partial charge in [-0.25, -0.2) is 4.79 Å². The lowest BCUT2D eigenvalue weighted by molar-refractivity contribution is -0.130. The van der Waals surface area contributed by atoms with E-state index in [1.807, 2.05) is 20.8 Å². The van der Waals surface area contributed by atoms with E-state index in [2.05, 4.69) is 5.32 Å². The van der Waals surface area contributed by atoms with E-state index < -0.39 is 17.7 Å². The Labute approximate surface area is 132 Å². The molecular formula is C16H28N2O4. The zero-order chi connectivity index (χ0) is 16.2. The van der Waals surface area contributed by atoms with Crippen molar-refractivity contribution < 1.29 is 19.1 Å². The maximum Gasteiger partial charge on any atom is 0.410 e. The highest BCUT2D eigenvalue weighted by atomic mass is 16.6. The molecule has 2 fully saturated rings. The van der Waals surface area contributed by atoms with Gasteiger partial charge in [0.05, 0.1) is 12.7 Å². The monoisotopic (exact) mass is 312 g/mol. The smallest absolute Gasteiger partial charge is 0.410 e. The van der Waals surface area contributed by atoms with Crippen molar-refractivity contribution in [2.45, 2.75) is 64.2 Å². The van der Waals surface area contributed by atoms with Crippen LogP contribution < -0.4 is 5.32 Å². The summed E-state index contributed by atoms with van der Waals surface area (Å²) in [6, 6.07) is -0.501. The van der Waals surface area contributed by atoms with Crippen molar-refractivity contribution in [3.05, 3.63) is 0 Å². The summed E-state index contributed by atoms with van der Waals surface area (Å²) in [4.78, 5) is 26.1. The first-order valence-electron chi connectivity index (χ1n) is 8.21. The summed E-state index contributed by atoms with van der Waals surface area (Å²) in [5.74, 6) is 0.0750. The van der Waals surface area contributed by atoms with Crippen LogP contribution in [0.4, 0.5) is 4.79 Å². The number of likely N-dealkylation sites (tertiary alicyclic amines) is 1. The third-order valence-corrected chi connectivity index (χ3v) is 3.97. The molecule has 1 N–H and O–H groups in total. The summed E-state index contributed by atoms with van der Waals surface area (Å²) in [5, 5.41) is 3.28. The fraction of sp³-hybridized carbons (Fsp3) is 0.875. The molecule has 0 aliphatic carbocycles. The molecule has 22 heavy (non-hydrogen) atoms. The second-order valence-corrected chi connectivity index (χ2v) is 7.04. The van der Waals surface area contributed by atoms with Crippen molar-refractivity contribution in [3.63, 3.8) is 0 Å². The first-order chi connectivity index (χ1) is 10.4. The number of piperidine rings is 2. The van der Waals surface area contributed by atoms with Crippen LogP contribution in [0.5, 0.6) is 0 Å². The molecule has 1 atom stereocenters.